The standard InChI is InChI=1S/C21H23FN2O2/c1-14(2)19(23-20(25)16-8-5-9-18(22)12-16)21(26)24-11-10-15-6-3-4-7-17(15)13-24/h3-9,12,14,19H,10-11,13H2,1-2H3,(H,23,25)/t19-/m0/s1. The van der Waals surface area contributed by atoms with Crippen LogP contribution in [0.1, 0.15) is 35.3 Å². The van der Waals surface area contributed by atoms with Gasteiger partial charge in [0, 0.05) is 18.7 Å². The van der Waals surface area contributed by atoms with Gasteiger partial charge >= 0.3 is 0 Å². The minimum absolute atomic E-state index is 0.0721. The molecule has 0 spiro atoms. The number of amides is 2. The smallest absolute Gasteiger partial charge is 0.252 e. The topological polar surface area (TPSA) is 49.4 Å². The van der Waals surface area contributed by atoms with Crippen molar-refractivity contribution in [3.05, 3.63) is 71.0 Å². The number of carbonyl (C=O) groups excluding carboxylic acids is 2. The quantitative estimate of drug-likeness (QED) is 0.917. The van der Waals surface area contributed by atoms with Crippen LogP contribution in [0.25, 0.3) is 0 Å². The Morgan fingerprint density at radius 2 is 1.81 bits per heavy atom. The van der Waals surface area contributed by atoms with Gasteiger partial charge < -0.3 is 10.2 Å². The van der Waals surface area contributed by atoms with Crippen molar-refractivity contribution in [2.75, 3.05) is 6.54 Å². The Balaban J connectivity index is 1.74. The molecule has 0 saturated heterocycles. The fourth-order valence-electron chi connectivity index (χ4n) is 3.25. The second kappa shape index (κ2) is 7.68. The zero-order chi connectivity index (χ0) is 18.7. The van der Waals surface area contributed by atoms with Gasteiger partial charge in [-0.15, -0.1) is 0 Å². The number of halogens is 1. The molecule has 0 radical (unpaired) electrons. The molecule has 2 amide bonds. The van der Waals surface area contributed by atoms with Gasteiger partial charge in [0.05, 0.1) is 0 Å². The third-order valence-corrected chi connectivity index (χ3v) is 4.75. The van der Waals surface area contributed by atoms with E-state index in [2.05, 4.69) is 11.4 Å². The molecule has 0 fully saturated rings. The van der Waals surface area contributed by atoms with Crippen molar-refractivity contribution in [1.29, 1.82) is 0 Å². The molecule has 2 aromatic carbocycles. The molecule has 3 rings (SSSR count). The number of nitrogens with one attached hydrogen (secondary N) is 1. The minimum Gasteiger partial charge on any atom is -0.340 e. The van der Waals surface area contributed by atoms with Gasteiger partial charge in [-0.3, -0.25) is 9.59 Å². The lowest BCUT2D eigenvalue weighted by Crippen LogP contribution is -2.52. The van der Waals surface area contributed by atoms with Crippen molar-refractivity contribution in [1.82, 2.24) is 10.2 Å². The third-order valence-electron chi connectivity index (χ3n) is 4.75. The van der Waals surface area contributed by atoms with Crippen molar-refractivity contribution in [3.8, 4) is 0 Å². The summed E-state index contributed by atoms with van der Waals surface area (Å²) in [5.74, 6) is -1.08. The van der Waals surface area contributed by atoms with Crippen molar-refractivity contribution >= 4 is 11.8 Å². The van der Waals surface area contributed by atoms with Gasteiger partial charge in [0.1, 0.15) is 11.9 Å². The Morgan fingerprint density at radius 1 is 1.08 bits per heavy atom. The number of hydrogen-bond acceptors (Lipinski definition) is 2. The van der Waals surface area contributed by atoms with E-state index >= 15 is 0 Å². The largest absolute Gasteiger partial charge is 0.340 e. The van der Waals surface area contributed by atoms with E-state index in [1.807, 2.05) is 32.0 Å². The number of nitrogens with zero attached hydrogens (tertiary/aromatic N) is 1. The molecule has 136 valence electrons. The van der Waals surface area contributed by atoms with E-state index in [4.69, 9.17) is 0 Å². The van der Waals surface area contributed by atoms with Crippen LogP contribution < -0.4 is 5.32 Å². The summed E-state index contributed by atoms with van der Waals surface area (Å²) in [4.78, 5) is 27.3. The fraction of sp³-hybridized carbons (Fsp3) is 0.333. The van der Waals surface area contributed by atoms with Gasteiger partial charge in [0.25, 0.3) is 5.91 Å². The highest BCUT2D eigenvalue weighted by atomic mass is 19.1. The molecular formula is C21H23FN2O2. The van der Waals surface area contributed by atoms with Crippen LogP contribution in [0.15, 0.2) is 48.5 Å². The number of rotatable bonds is 4. The van der Waals surface area contributed by atoms with Crippen LogP contribution in [-0.2, 0) is 17.8 Å². The Labute approximate surface area is 153 Å². The zero-order valence-corrected chi connectivity index (χ0v) is 15.0. The molecule has 1 N–H and O–H groups in total. The molecule has 26 heavy (non-hydrogen) atoms. The molecule has 0 aromatic heterocycles. The first-order chi connectivity index (χ1) is 12.5. The highest BCUT2D eigenvalue weighted by Crippen LogP contribution is 2.20. The second-order valence-corrected chi connectivity index (χ2v) is 6.98. The summed E-state index contributed by atoms with van der Waals surface area (Å²) in [6.07, 6.45) is 0.810. The molecule has 0 aliphatic carbocycles. The third kappa shape index (κ3) is 3.93. The van der Waals surface area contributed by atoms with Crippen LogP contribution in [0.4, 0.5) is 4.39 Å². The van der Waals surface area contributed by atoms with Gasteiger partial charge in [-0.2, -0.15) is 0 Å². The van der Waals surface area contributed by atoms with E-state index in [1.54, 1.807) is 4.90 Å². The molecule has 0 bridgehead atoms. The van der Waals surface area contributed by atoms with E-state index in [0.29, 0.717) is 13.1 Å². The number of fused-ring (bicyclic) bond motifs is 1. The zero-order valence-electron chi connectivity index (χ0n) is 15.0. The predicted octanol–water partition coefficient (Wildman–Crippen LogP) is 3.17. The lowest BCUT2D eigenvalue weighted by Gasteiger charge is -2.33. The maximum Gasteiger partial charge on any atom is 0.252 e. The van der Waals surface area contributed by atoms with Gasteiger partial charge in [-0.05, 0) is 41.7 Å². The van der Waals surface area contributed by atoms with Gasteiger partial charge in [0.2, 0.25) is 5.91 Å². The van der Waals surface area contributed by atoms with Crippen molar-refractivity contribution in [3.63, 3.8) is 0 Å². The van der Waals surface area contributed by atoms with Crippen LogP contribution in [-0.4, -0.2) is 29.3 Å². The molecule has 1 atom stereocenters. The van der Waals surface area contributed by atoms with Gasteiger partial charge in [-0.1, -0.05) is 44.2 Å². The van der Waals surface area contributed by atoms with Crippen LogP contribution in [0.5, 0.6) is 0 Å². The molecule has 5 heteroatoms. The molecule has 1 heterocycles. The normalized spacial score (nSPS) is 14.7. The van der Waals surface area contributed by atoms with Crippen LogP contribution >= 0.6 is 0 Å². The molecule has 4 nitrogen and oxygen atoms in total. The lowest BCUT2D eigenvalue weighted by molar-refractivity contribution is -0.135. The van der Waals surface area contributed by atoms with E-state index in [-0.39, 0.29) is 17.4 Å². The van der Waals surface area contributed by atoms with E-state index in [0.717, 1.165) is 12.0 Å². The Kier molecular flexibility index (Phi) is 5.35. The average Bonchev–Trinajstić information content (AvgIpc) is 2.64. The van der Waals surface area contributed by atoms with Gasteiger partial charge in [-0.25, -0.2) is 4.39 Å². The van der Waals surface area contributed by atoms with Crippen molar-refractivity contribution in [2.24, 2.45) is 5.92 Å². The maximum atomic E-state index is 13.4. The van der Waals surface area contributed by atoms with Crippen LogP contribution in [0.2, 0.25) is 0 Å². The first-order valence-corrected chi connectivity index (χ1v) is 8.87. The Hall–Kier alpha value is -2.69. The fourth-order valence-corrected chi connectivity index (χ4v) is 3.25. The van der Waals surface area contributed by atoms with Gasteiger partial charge in [0.15, 0.2) is 0 Å². The average molecular weight is 354 g/mol. The van der Waals surface area contributed by atoms with E-state index < -0.39 is 17.8 Å². The highest BCUT2D eigenvalue weighted by molar-refractivity contribution is 5.97. The van der Waals surface area contributed by atoms with Crippen molar-refractivity contribution < 1.29 is 14.0 Å². The first kappa shape index (κ1) is 18.1. The minimum atomic E-state index is -0.643. The summed E-state index contributed by atoms with van der Waals surface area (Å²) < 4.78 is 13.4. The molecule has 1 aliphatic rings. The molecule has 2 aromatic rings. The summed E-state index contributed by atoms with van der Waals surface area (Å²) in [6, 6.07) is 12.9. The monoisotopic (exact) mass is 354 g/mol. The van der Waals surface area contributed by atoms with Crippen LogP contribution in [0, 0.1) is 11.7 Å². The first-order valence-electron chi connectivity index (χ1n) is 8.87. The summed E-state index contributed by atoms with van der Waals surface area (Å²) in [5, 5.41) is 2.78. The lowest BCUT2D eigenvalue weighted by atomic mass is 9.97. The summed E-state index contributed by atoms with van der Waals surface area (Å²) in [5.41, 5.74) is 2.62. The maximum absolute atomic E-state index is 13.4. The summed E-state index contributed by atoms with van der Waals surface area (Å²) in [7, 11) is 0. The predicted molar refractivity (Wildman–Crippen MR) is 98.1 cm³/mol. The number of carbonyl (C=O) groups is 2. The Bertz CT molecular complexity index is 819. The number of benzene rings is 2. The summed E-state index contributed by atoms with van der Waals surface area (Å²) >= 11 is 0. The van der Waals surface area contributed by atoms with E-state index in [1.165, 1.54) is 29.8 Å². The highest BCUT2D eigenvalue weighted by Gasteiger charge is 2.30. The SMILES string of the molecule is CC(C)[C@H](NC(=O)c1cccc(F)c1)C(=O)N1CCc2ccccc2C1. The molecule has 0 saturated carbocycles. The van der Waals surface area contributed by atoms with E-state index in [9.17, 15) is 14.0 Å². The molecule has 0 unspecified atom stereocenters. The second-order valence-electron chi connectivity index (χ2n) is 6.98. The van der Waals surface area contributed by atoms with Crippen LogP contribution in [0.3, 0.4) is 0 Å². The number of hydrogen-bond donors (Lipinski definition) is 1. The summed E-state index contributed by atoms with van der Waals surface area (Å²) in [6.45, 7) is 4.97. The molecule has 1 aliphatic heterocycles. The Morgan fingerprint density at radius 3 is 2.50 bits per heavy atom. The molecular weight excluding hydrogens is 331 g/mol. The van der Waals surface area contributed by atoms with Crippen molar-refractivity contribution in [2.45, 2.75) is 32.9 Å².